The molecule has 0 fully saturated rings. The molecule has 8 nitrogen and oxygen atoms in total. The summed E-state index contributed by atoms with van der Waals surface area (Å²) in [4.78, 5) is 39.8. The molecule has 0 aliphatic carbocycles. The first kappa shape index (κ1) is 24.6. The van der Waals surface area contributed by atoms with E-state index in [1.807, 2.05) is 25.1 Å². The molecule has 2 aromatic carbocycles. The van der Waals surface area contributed by atoms with E-state index in [4.69, 9.17) is 0 Å². The van der Waals surface area contributed by atoms with Crippen LogP contribution in [0.25, 0.3) is 22.4 Å². The van der Waals surface area contributed by atoms with Crippen LogP contribution in [-0.4, -0.2) is 64.4 Å². The standard InChI is InChI=1S/C26H25F3N6O2/c1-34(2)7-8-35-13-15-10-20-21(12-17(15)26(35)37)33-24(32-20)22-19(4-6-31-25(22)36)30-5-3-14-9-16(27)11-18(28)23(14)29/h4,6,9-12H,3,5,7-8,13H2,1-2H3,(H,32,33)(H2,30,31,36). The Morgan fingerprint density at radius 3 is 2.73 bits per heavy atom. The number of aromatic nitrogens is 3. The molecule has 1 aliphatic rings. The first-order valence-corrected chi connectivity index (χ1v) is 11.8. The molecule has 0 spiro atoms. The highest BCUT2D eigenvalue weighted by Gasteiger charge is 2.28. The molecule has 0 radical (unpaired) electrons. The largest absolute Gasteiger partial charge is 0.384 e. The number of anilines is 1. The van der Waals surface area contributed by atoms with E-state index in [1.165, 1.54) is 6.20 Å². The van der Waals surface area contributed by atoms with Crippen LogP contribution in [0.2, 0.25) is 0 Å². The van der Waals surface area contributed by atoms with Gasteiger partial charge in [-0.15, -0.1) is 0 Å². The minimum atomic E-state index is -1.25. The third-order valence-electron chi connectivity index (χ3n) is 6.38. The van der Waals surface area contributed by atoms with Gasteiger partial charge >= 0.3 is 0 Å². The lowest BCUT2D eigenvalue weighted by Crippen LogP contribution is -2.31. The van der Waals surface area contributed by atoms with E-state index in [1.54, 1.807) is 17.0 Å². The molecular formula is C26H25F3N6O2. The van der Waals surface area contributed by atoms with Gasteiger partial charge in [-0.3, -0.25) is 9.59 Å². The number of fused-ring (bicyclic) bond motifs is 2. The number of carbonyl (C=O) groups is 1. The Kier molecular flexibility index (Phi) is 6.46. The molecule has 3 N–H and O–H groups in total. The van der Waals surface area contributed by atoms with E-state index in [0.717, 1.165) is 18.2 Å². The monoisotopic (exact) mass is 510 g/mol. The second-order valence-electron chi connectivity index (χ2n) is 9.27. The molecule has 2 aromatic heterocycles. The lowest BCUT2D eigenvalue weighted by Gasteiger charge is -2.18. The molecule has 0 saturated carbocycles. The molecule has 3 heterocycles. The average Bonchev–Trinajstić information content (AvgIpc) is 3.39. The maximum Gasteiger partial charge on any atom is 0.261 e. The highest BCUT2D eigenvalue weighted by Crippen LogP contribution is 2.30. The van der Waals surface area contributed by atoms with Crippen LogP contribution in [0.4, 0.5) is 18.9 Å². The molecule has 0 saturated heterocycles. The van der Waals surface area contributed by atoms with Crippen molar-refractivity contribution in [3.05, 3.63) is 81.0 Å². The zero-order valence-corrected chi connectivity index (χ0v) is 20.3. The van der Waals surface area contributed by atoms with Crippen molar-refractivity contribution in [2.45, 2.75) is 13.0 Å². The fourth-order valence-corrected chi connectivity index (χ4v) is 4.48. The topological polar surface area (TPSA) is 97.1 Å². The first-order valence-electron chi connectivity index (χ1n) is 11.8. The number of halogens is 3. The zero-order valence-electron chi connectivity index (χ0n) is 20.3. The predicted molar refractivity (Wildman–Crippen MR) is 134 cm³/mol. The van der Waals surface area contributed by atoms with Gasteiger partial charge in [-0.2, -0.15) is 0 Å². The molecule has 192 valence electrons. The Morgan fingerprint density at radius 2 is 1.95 bits per heavy atom. The SMILES string of the molecule is CN(C)CCN1Cc2cc3[nH]c(-c4c(NCCc5cc(F)cc(F)c5F)cc[nH]c4=O)nc3cc2C1=O. The van der Waals surface area contributed by atoms with Gasteiger partial charge in [0.05, 0.1) is 16.7 Å². The maximum atomic E-state index is 14.0. The van der Waals surface area contributed by atoms with Gasteiger partial charge in [0.25, 0.3) is 11.5 Å². The van der Waals surface area contributed by atoms with Crippen LogP contribution in [0.15, 0.2) is 41.3 Å². The van der Waals surface area contributed by atoms with Crippen LogP contribution in [0, 0.1) is 17.5 Å². The number of pyridine rings is 1. The Balaban J connectivity index is 1.39. The molecule has 1 aliphatic heterocycles. The third-order valence-corrected chi connectivity index (χ3v) is 6.38. The second kappa shape index (κ2) is 9.74. The van der Waals surface area contributed by atoms with E-state index >= 15 is 0 Å². The Labute approximate surface area is 210 Å². The minimum absolute atomic E-state index is 0.00790. The summed E-state index contributed by atoms with van der Waals surface area (Å²) in [5, 5.41) is 3.04. The van der Waals surface area contributed by atoms with Gasteiger partial charge in [-0.25, -0.2) is 18.2 Å². The van der Waals surface area contributed by atoms with Crippen LogP contribution < -0.4 is 10.9 Å². The third kappa shape index (κ3) is 4.82. The number of nitrogens with one attached hydrogen (secondary N) is 3. The number of amides is 1. The predicted octanol–water partition coefficient (Wildman–Crippen LogP) is 3.51. The normalized spacial score (nSPS) is 13.1. The number of imidazole rings is 1. The molecule has 0 unspecified atom stereocenters. The summed E-state index contributed by atoms with van der Waals surface area (Å²) in [6, 6.07) is 6.67. The number of likely N-dealkylation sites (N-methyl/N-ethyl adjacent to an activating group) is 1. The van der Waals surface area contributed by atoms with Gasteiger partial charge in [0, 0.05) is 44.0 Å². The van der Waals surface area contributed by atoms with Gasteiger partial charge in [-0.1, -0.05) is 0 Å². The van der Waals surface area contributed by atoms with Crippen molar-refractivity contribution in [1.29, 1.82) is 0 Å². The number of hydrogen-bond acceptors (Lipinski definition) is 5. The number of aromatic amines is 2. The van der Waals surface area contributed by atoms with Crippen molar-refractivity contribution in [1.82, 2.24) is 24.8 Å². The van der Waals surface area contributed by atoms with Crippen molar-refractivity contribution in [2.24, 2.45) is 0 Å². The number of carbonyl (C=O) groups excluding carboxylic acids is 1. The highest BCUT2D eigenvalue weighted by molar-refractivity contribution is 6.02. The van der Waals surface area contributed by atoms with Crippen LogP contribution >= 0.6 is 0 Å². The average molecular weight is 511 g/mol. The molecular weight excluding hydrogens is 485 g/mol. The fraction of sp³-hybridized carbons (Fsp3) is 0.269. The summed E-state index contributed by atoms with van der Waals surface area (Å²) in [5.41, 5.74) is 2.82. The first-order chi connectivity index (χ1) is 17.7. The van der Waals surface area contributed by atoms with Crippen LogP contribution in [-0.2, 0) is 13.0 Å². The lowest BCUT2D eigenvalue weighted by atomic mass is 10.1. The summed E-state index contributed by atoms with van der Waals surface area (Å²) in [5.74, 6) is -2.97. The van der Waals surface area contributed by atoms with Gasteiger partial charge in [0.1, 0.15) is 17.2 Å². The van der Waals surface area contributed by atoms with Gasteiger partial charge < -0.3 is 25.1 Å². The summed E-state index contributed by atoms with van der Waals surface area (Å²) in [6.07, 6.45) is 1.45. The quantitative estimate of drug-likeness (QED) is 0.315. The Bertz CT molecular complexity index is 1560. The van der Waals surface area contributed by atoms with Crippen molar-refractivity contribution in [3.8, 4) is 11.4 Å². The van der Waals surface area contributed by atoms with Crippen molar-refractivity contribution in [2.75, 3.05) is 39.0 Å². The van der Waals surface area contributed by atoms with Crippen LogP contribution in [0.5, 0.6) is 0 Å². The smallest absolute Gasteiger partial charge is 0.261 e. The maximum absolute atomic E-state index is 14.0. The number of rotatable bonds is 8. The van der Waals surface area contributed by atoms with E-state index < -0.39 is 23.0 Å². The summed E-state index contributed by atoms with van der Waals surface area (Å²) < 4.78 is 41.0. The zero-order chi connectivity index (χ0) is 26.3. The molecule has 37 heavy (non-hydrogen) atoms. The van der Waals surface area contributed by atoms with E-state index in [2.05, 4.69) is 20.3 Å². The molecule has 4 aromatic rings. The van der Waals surface area contributed by atoms with Gasteiger partial charge in [0.15, 0.2) is 11.6 Å². The number of hydrogen-bond donors (Lipinski definition) is 3. The fourth-order valence-electron chi connectivity index (χ4n) is 4.48. The molecule has 5 rings (SSSR count). The van der Waals surface area contributed by atoms with Crippen LogP contribution in [0.3, 0.4) is 0 Å². The lowest BCUT2D eigenvalue weighted by molar-refractivity contribution is 0.0768. The van der Waals surface area contributed by atoms with E-state index in [0.29, 0.717) is 47.3 Å². The molecule has 11 heteroatoms. The molecule has 1 amide bonds. The second-order valence-corrected chi connectivity index (χ2v) is 9.27. The van der Waals surface area contributed by atoms with Crippen molar-refractivity contribution in [3.63, 3.8) is 0 Å². The Hall–Kier alpha value is -4.12. The van der Waals surface area contributed by atoms with Gasteiger partial charge in [-0.05, 0) is 55.9 Å². The van der Waals surface area contributed by atoms with Crippen molar-refractivity contribution >= 4 is 22.6 Å². The summed E-state index contributed by atoms with van der Waals surface area (Å²) in [7, 11) is 3.91. The molecule has 0 atom stereocenters. The summed E-state index contributed by atoms with van der Waals surface area (Å²) >= 11 is 0. The number of H-pyrrole nitrogens is 2. The highest BCUT2D eigenvalue weighted by atomic mass is 19.2. The summed E-state index contributed by atoms with van der Waals surface area (Å²) in [6.45, 7) is 1.99. The molecule has 0 bridgehead atoms. The number of benzene rings is 2. The van der Waals surface area contributed by atoms with E-state index in [-0.39, 0.29) is 30.0 Å². The Morgan fingerprint density at radius 1 is 1.14 bits per heavy atom. The van der Waals surface area contributed by atoms with E-state index in [9.17, 15) is 22.8 Å². The minimum Gasteiger partial charge on any atom is -0.384 e. The number of nitrogens with zero attached hydrogens (tertiary/aromatic N) is 3. The van der Waals surface area contributed by atoms with Crippen LogP contribution in [0.1, 0.15) is 21.5 Å². The van der Waals surface area contributed by atoms with Gasteiger partial charge in [0.2, 0.25) is 0 Å². The van der Waals surface area contributed by atoms with Crippen molar-refractivity contribution < 1.29 is 18.0 Å².